The lowest BCUT2D eigenvalue weighted by Gasteiger charge is -2.23. The van der Waals surface area contributed by atoms with Gasteiger partial charge in [-0.15, -0.1) is 0 Å². The summed E-state index contributed by atoms with van der Waals surface area (Å²) in [5.74, 6) is 6.76. The van der Waals surface area contributed by atoms with Gasteiger partial charge in [0.15, 0.2) is 5.65 Å². The van der Waals surface area contributed by atoms with Gasteiger partial charge in [-0.3, -0.25) is 4.84 Å². The summed E-state index contributed by atoms with van der Waals surface area (Å²) in [4.78, 5) is 27.4. The number of nitrogens with one attached hydrogen (secondary N) is 2. The first-order valence-corrected chi connectivity index (χ1v) is 12.7. The summed E-state index contributed by atoms with van der Waals surface area (Å²) >= 11 is 0. The molecule has 2 amide bonds. The van der Waals surface area contributed by atoms with Crippen LogP contribution in [0.5, 0.6) is 0 Å². The standard InChI is InChI=1S/C28H28N8O2/c1-18-7-9-21(33-28(37)36-24(12-14-38-36)19-5-3-2-4-6-19)15-20(18)8-10-23-25-26(29)31-17-32-27(25)35(34-23)22-11-13-30-16-22/h2-7,9,15,17,22,24,30H,11-14,16H2,1H3,(H,33,37)(H2,29,31,32)/t22-,24+/m0/s1. The molecule has 0 spiro atoms. The number of fused-ring (bicyclic) bond motifs is 1. The van der Waals surface area contributed by atoms with E-state index in [4.69, 9.17) is 15.7 Å². The van der Waals surface area contributed by atoms with Crippen LogP contribution in [0, 0.1) is 18.8 Å². The van der Waals surface area contributed by atoms with Gasteiger partial charge in [0.2, 0.25) is 0 Å². The molecule has 2 fully saturated rings. The van der Waals surface area contributed by atoms with Crippen molar-refractivity contribution in [1.82, 2.24) is 30.1 Å². The number of hydrogen-bond donors (Lipinski definition) is 3. The summed E-state index contributed by atoms with van der Waals surface area (Å²) in [5, 5.41) is 13.2. The van der Waals surface area contributed by atoms with Gasteiger partial charge < -0.3 is 16.4 Å². The van der Waals surface area contributed by atoms with Crippen molar-refractivity contribution in [3.63, 3.8) is 0 Å². The first kappa shape index (κ1) is 23.9. The van der Waals surface area contributed by atoms with E-state index < -0.39 is 0 Å². The van der Waals surface area contributed by atoms with Crippen LogP contribution in [0.1, 0.15) is 47.3 Å². The molecule has 0 unspecified atom stereocenters. The smallest absolute Gasteiger partial charge is 0.346 e. The van der Waals surface area contributed by atoms with Crippen LogP contribution in [-0.4, -0.2) is 50.5 Å². The van der Waals surface area contributed by atoms with Crippen LogP contribution in [0.15, 0.2) is 54.9 Å². The van der Waals surface area contributed by atoms with E-state index >= 15 is 0 Å². The van der Waals surface area contributed by atoms with Crippen molar-refractivity contribution in [3.05, 3.63) is 77.2 Å². The molecule has 0 bridgehead atoms. The van der Waals surface area contributed by atoms with Gasteiger partial charge >= 0.3 is 6.03 Å². The van der Waals surface area contributed by atoms with Gasteiger partial charge in [-0.25, -0.2) is 19.4 Å². The predicted molar refractivity (Wildman–Crippen MR) is 144 cm³/mol. The Hall–Kier alpha value is -4.46. The number of nitrogen functional groups attached to an aromatic ring is 1. The third-order valence-corrected chi connectivity index (χ3v) is 6.99. The Bertz CT molecular complexity index is 1550. The van der Waals surface area contributed by atoms with Crippen LogP contribution in [0.3, 0.4) is 0 Å². The monoisotopic (exact) mass is 508 g/mol. The zero-order valence-electron chi connectivity index (χ0n) is 21.0. The zero-order chi connectivity index (χ0) is 26.1. The highest BCUT2D eigenvalue weighted by Crippen LogP contribution is 2.31. The molecule has 2 aliphatic heterocycles. The van der Waals surface area contributed by atoms with Crippen LogP contribution in [0.25, 0.3) is 11.0 Å². The Morgan fingerprint density at radius 2 is 2.03 bits per heavy atom. The molecule has 2 atom stereocenters. The number of aromatic nitrogens is 4. The van der Waals surface area contributed by atoms with Crippen molar-refractivity contribution in [2.45, 2.75) is 31.8 Å². The highest BCUT2D eigenvalue weighted by molar-refractivity contribution is 5.91. The molecule has 4 N–H and O–H groups in total. The van der Waals surface area contributed by atoms with E-state index in [1.807, 2.05) is 60.1 Å². The van der Waals surface area contributed by atoms with Crippen molar-refractivity contribution in [2.24, 2.45) is 0 Å². The van der Waals surface area contributed by atoms with Gasteiger partial charge in [0.05, 0.1) is 24.1 Å². The lowest BCUT2D eigenvalue weighted by molar-refractivity contribution is -0.0829. The maximum Gasteiger partial charge on any atom is 0.346 e. The normalized spacial score (nSPS) is 18.9. The topological polar surface area (TPSA) is 123 Å². The molecule has 0 aliphatic carbocycles. The molecule has 2 aromatic carbocycles. The lowest BCUT2D eigenvalue weighted by atomic mass is 10.1. The van der Waals surface area contributed by atoms with Crippen LogP contribution in [0.2, 0.25) is 0 Å². The first-order chi connectivity index (χ1) is 18.6. The van der Waals surface area contributed by atoms with Crippen molar-refractivity contribution < 1.29 is 9.63 Å². The first-order valence-electron chi connectivity index (χ1n) is 12.7. The number of nitrogens with zero attached hydrogens (tertiary/aromatic N) is 5. The second kappa shape index (κ2) is 10.1. The van der Waals surface area contributed by atoms with Crippen LogP contribution >= 0.6 is 0 Å². The number of hydroxylamine groups is 2. The Kier molecular flexibility index (Phi) is 6.37. The molecular formula is C28H28N8O2. The number of urea groups is 1. The SMILES string of the molecule is Cc1ccc(NC(=O)N2OCC[C@@H]2c2ccccc2)cc1C#Cc1nn([C@H]2CCNC2)c2ncnc(N)c12. The summed E-state index contributed by atoms with van der Waals surface area (Å²) in [6.07, 6.45) is 3.16. The van der Waals surface area contributed by atoms with E-state index in [2.05, 4.69) is 32.4 Å². The van der Waals surface area contributed by atoms with Crippen molar-refractivity contribution in [1.29, 1.82) is 0 Å². The molecule has 10 heteroatoms. The number of nitrogens with two attached hydrogens (primary N) is 1. The number of carbonyl (C=O) groups excluding carboxylic acids is 1. The minimum Gasteiger partial charge on any atom is -0.383 e. The summed E-state index contributed by atoms with van der Waals surface area (Å²) in [5.41, 5.74) is 10.8. The average Bonchev–Trinajstić information content (AvgIpc) is 3.70. The zero-order valence-corrected chi connectivity index (χ0v) is 21.0. The highest BCUT2D eigenvalue weighted by atomic mass is 16.7. The molecule has 38 heavy (non-hydrogen) atoms. The van der Waals surface area contributed by atoms with Gasteiger partial charge in [0.1, 0.15) is 17.8 Å². The third-order valence-electron chi connectivity index (χ3n) is 6.99. The summed E-state index contributed by atoms with van der Waals surface area (Å²) < 4.78 is 1.90. The number of aryl methyl sites for hydroxylation is 1. The quantitative estimate of drug-likeness (QED) is 0.362. The summed E-state index contributed by atoms with van der Waals surface area (Å²) in [6.45, 7) is 4.21. The molecule has 0 radical (unpaired) electrons. The average molecular weight is 509 g/mol. The van der Waals surface area contributed by atoms with E-state index in [1.165, 1.54) is 11.4 Å². The number of amides is 2. The number of anilines is 2. The fourth-order valence-electron chi connectivity index (χ4n) is 4.97. The van der Waals surface area contributed by atoms with Gasteiger partial charge in [-0.05, 0) is 49.1 Å². The Morgan fingerprint density at radius 3 is 2.84 bits per heavy atom. The molecule has 0 saturated carbocycles. The van der Waals surface area contributed by atoms with Crippen molar-refractivity contribution in [2.75, 3.05) is 30.7 Å². The second-order valence-corrected chi connectivity index (χ2v) is 9.48. The largest absolute Gasteiger partial charge is 0.383 e. The molecule has 2 saturated heterocycles. The van der Waals surface area contributed by atoms with Crippen LogP contribution in [-0.2, 0) is 4.84 Å². The summed E-state index contributed by atoms with van der Waals surface area (Å²) in [6, 6.07) is 15.3. The minimum atomic E-state index is -0.320. The molecule has 4 aromatic rings. The van der Waals surface area contributed by atoms with Crippen molar-refractivity contribution in [3.8, 4) is 11.8 Å². The Morgan fingerprint density at radius 1 is 1.16 bits per heavy atom. The fraction of sp³-hybridized carbons (Fsp3) is 0.286. The van der Waals surface area contributed by atoms with Gasteiger partial charge in [-0.1, -0.05) is 42.3 Å². The molecular weight excluding hydrogens is 480 g/mol. The van der Waals surface area contributed by atoms with Crippen LogP contribution in [0.4, 0.5) is 16.3 Å². The maximum absolute atomic E-state index is 13.1. The molecule has 6 rings (SSSR count). The second-order valence-electron chi connectivity index (χ2n) is 9.48. The lowest BCUT2D eigenvalue weighted by Crippen LogP contribution is -2.33. The molecule has 10 nitrogen and oxygen atoms in total. The number of rotatable bonds is 3. The number of carbonyl (C=O) groups is 1. The van der Waals surface area contributed by atoms with E-state index in [9.17, 15) is 4.79 Å². The maximum atomic E-state index is 13.1. The molecule has 192 valence electrons. The number of benzene rings is 2. The van der Waals surface area contributed by atoms with E-state index in [0.717, 1.165) is 42.6 Å². The van der Waals surface area contributed by atoms with Crippen molar-refractivity contribution >= 4 is 28.6 Å². The molecule has 2 aliphatic rings. The Balaban J connectivity index is 1.27. The van der Waals surface area contributed by atoms with E-state index in [0.29, 0.717) is 34.8 Å². The summed E-state index contributed by atoms with van der Waals surface area (Å²) in [7, 11) is 0. The minimum absolute atomic E-state index is 0.132. The Labute approximate surface area is 220 Å². The van der Waals surface area contributed by atoms with Gasteiger partial charge in [-0.2, -0.15) is 10.2 Å². The molecule has 2 aromatic heterocycles. The predicted octanol–water partition coefficient (Wildman–Crippen LogP) is 3.56. The van der Waals surface area contributed by atoms with Gasteiger partial charge in [0.25, 0.3) is 0 Å². The number of hydrogen-bond acceptors (Lipinski definition) is 7. The third kappa shape index (κ3) is 4.53. The fourth-order valence-corrected chi connectivity index (χ4v) is 4.97. The highest BCUT2D eigenvalue weighted by Gasteiger charge is 2.31. The van der Waals surface area contributed by atoms with Gasteiger partial charge in [0, 0.05) is 24.2 Å². The van der Waals surface area contributed by atoms with E-state index in [1.54, 1.807) is 0 Å². The molecule has 4 heterocycles. The van der Waals surface area contributed by atoms with Crippen LogP contribution < -0.4 is 16.4 Å². The van der Waals surface area contributed by atoms with E-state index in [-0.39, 0.29) is 18.1 Å².